The molecule has 2 N–H and O–H groups in total. The van der Waals surface area contributed by atoms with Crippen LogP contribution in [-0.4, -0.2) is 57.6 Å². The summed E-state index contributed by atoms with van der Waals surface area (Å²) in [4.78, 5) is 10.6. The van der Waals surface area contributed by atoms with Gasteiger partial charge in [0.25, 0.3) is 0 Å². The molecule has 164 valence electrons. The SMILES string of the molecule is COc1ccc(-c2ccnc(Nc3ccc(S(=O)(=O)NCCN(C)C)c(Cl)c3)n2)cc1. The van der Waals surface area contributed by atoms with E-state index >= 15 is 0 Å². The number of anilines is 2. The van der Waals surface area contributed by atoms with Gasteiger partial charge in [-0.25, -0.2) is 23.1 Å². The standard InChI is InChI=1S/C21H24ClN5O3S/c1-27(2)13-12-24-31(28,29)20-9-6-16(14-18(20)22)25-21-23-11-10-19(26-21)15-4-7-17(30-3)8-5-15/h4-11,14,24H,12-13H2,1-3H3,(H,23,25,26). The van der Waals surface area contributed by atoms with Crippen molar-refractivity contribution in [2.45, 2.75) is 4.90 Å². The highest BCUT2D eigenvalue weighted by molar-refractivity contribution is 7.89. The summed E-state index contributed by atoms with van der Waals surface area (Å²) in [5.41, 5.74) is 2.22. The van der Waals surface area contributed by atoms with Gasteiger partial charge in [0.1, 0.15) is 10.6 Å². The van der Waals surface area contributed by atoms with Gasteiger partial charge in [-0.3, -0.25) is 0 Å². The smallest absolute Gasteiger partial charge is 0.242 e. The average molecular weight is 462 g/mol. The van der Waals surface area contributed by atoms with Gasteiger partial charge in [0, 0.05) is 30.5 Å². The molecular formula is C21H24ClN5O3S. The number of sulfonamides is 1. The van der Waals surface area contributed by atoms with E-state index in [1.165, 1.54) is 12.1 Å². The number of methoxy groups -OCH3 is 1. The zero-order valence-corrected chi connectivity index (χ0v) is 19.0. The van der Waals surface area contributed by atoms with Crippen molar-refractivity contribution in [3.05, 3.63) is 59.8 Å². The van der Waals surface area contributed by atoms with Gasteiger partial charge in [-0.15, -0.1) is 0 Å². The molecule has 1 aromatic heterocycles. The molecule has 0 amide bonds. The van der Waals surface area contributed by atoms with Crippen LogP contribution < -0.4 is 14.8 Å². The lowest BCUT2D eigenvalue weighted by molar-refractivity contribution is 0.412. The van der Waals surface area contributed by atoms with Crippen LogP contribution in [0.5, 0.6) is 5.75 Å². The molecule has 0 atom stereocenters. The van der Waals surface area contributed by atoms with Crippen molar-refractivity contribution in [1.82, 2.24) is 19.6 Å². The molecule has 10 heteroatoms. The number of rotatable bonds is 9. The first kappa shape index (κ1) is 23.0. The number of nitrogens with zero attached hydrogens (tertiary/aromatic N) is 3. The minimum Gasteiger partial charge on any atom is -0.497 e. The minimum absolute atomic E-state index is 0.0198. The Hall–Kier alpha value is -2.72. The Balaban J connectivity index is 1.75. The van der Waals surface area contributed by atoms with Crippen LogP contribution in [-0.2, 0) is 10.0 Å². The quantitative estimate of drug-likeness (QED) is 0.504. The van der Waals surface area contributed by atoms with Crippen molar-refractivity contribution >= 4 is 33.3 Å². The summed E-state index contributed by atoms with van der Waals surface area (Å²) < 4.78 is 32.7. The van der Waals surface area contributed by atoms with Crippen molar-refractivity contribution in [1.29, 1.82) is 0 Å². The molecule has 3 aromatic rings. The zero-order chi connectivity index (χ0) is 22.4. The first-order chi connectivity index (χ1) is 14.8. The van der Waals surface area contributed by atoms with E-state index in [1.807, 2.05) is 43.3 Å². The molecule has 0 saturated carbocycles. The summed E-state index contributed by atoms with van der Waals surface area (Å²) in [7, 11) is 1.65. The summed E-state index contributed by atoms with van der Waals surface area (Å²) >= 11 is 6.26. The van der Waals surface area contributed by atoms with Crippen LogP contribution in [0.15, 0.2) is 59.6 Å². The lowest BCUT2D eigenvalue weighted by Crippen LogP contribution is -2.31. The second kappa shape index (κ2) is 10.1. The van der Waals surface area contributed by atoms with Crippen molar-refractivity contribution in [3.63, 3.8) is 0 Å². The first-order valence-electron chi connectivity index (χ1n) is 9.47. The number of nitrogens with one attached hydrogen (secondary N) is 2. The molecule has 0 aliphatic carbocycles. The Morgan fingerprint density at radius 1 is 1.10 bits per heavy atom. The van der Waals surface area contributed by atoms with E-state index in [0.717, 1.165) is 17.0 Å². The number of hydrogen-bond acceptors (Lipinski definition) is 7. The third-order valence-electron chi connectivity index (χ3n) is 4.37. The lowest BCUT2D eigenvalue weighted by atomic mass is 10.1. The predicted molar refractivity (Wildman–Crippen MR) is 122 cm³/mol. The van der Waals surface area contributed by atoms with Crippen LogP contribution >= 0.6 is 11.6 Å². The highest BCUT2D eigenvalue weighted by Gasteiger charge is 2.18. The molecule has 0 aliphatic rings. The number of halogens is 1. The molecule has 0 bridgehead atoms. The number of ether oxygens (including phenoxy) is 1. The van der Waals surface area contributed by atoms with E-state index < -0.39 is 10.0 Å². The van der Waals surface area contributed by atoms with Crippen LogP contribution in [0.3, 0.4) is 0 Å². The van der Waals surface area contributed by atoms with Crippen LogP contribution in [0.2, 0.25) is 5.02 Å². The van der Waals surface area contributed by atoms with Gasteiger partial charge >= 0.3 is 0 Å². The summed E-state index contributed by atoms with van der Waals surface area (Å²) in [6.45, 7) is 0.871. The van der Waals surface area contributed by atoms with Crippen LogP contribution in [0.25, 0.3) is 11.3 Å². The lowest BCUT2D eigenvalue weighted by Gasteiger charge is -2.13. The topological polar surface area (TPSA) is 96.4 Å². The molecule has 3 rings (SSSR count). The fraction of sp³-hybridized carbons (Fsp3) is 0.238. The van der Waals surface area contributed by atoms with Crippen molar-refractivity contribution in [2.24, 2.45) is 0 Å². The second-order valence-electron chi connectivity index (χ2n) is 6.97. The maximum Gasteiger partial charge on any atom is 0.242 e. The first-order valence-corrected chi connectivity index (χ1v) is 11.3. The van der Waals surface area contributed by atoms with Crippen molar-refractivity contribution in [2.75, 3.05) is 39.6 Å². The summed E-state index contributed by atoms with van der Waals surface area (Å²) in [6.07, 6.45) is 1.64. The van der Waals surface area contributed by atoms with Crippen LogP contribution in [0.1, 0.15) is 0 Å². The molecule has 1 heterocycles. The Labute approximate surface area is 187 Å². The van der Waals surface area contributed by atoms with Crippen molar-refractivity contribution in [3.8, 4) is 17.0 Å². The van der Waals surface area contributed by atoms with E-state index in [-0.39, 0.29) is 16.5 Å². The van der Waals surface area contributed by atoms with Gasteiger partial charge in [0.15, 0.2) is 0 Å². The Morgan fingerprint density at radius 2 is 1.84 bits per heavy atom. The summed E-state index contributed by atoms with van der Waals surface area (Å²) in [5.74, 6) is 1.13. The minimum atomic E-state index is -3.70. The summed E-state index contributed by atoms with van der Waals surface area (Å²) in [5, 5.41) is 3.17. The van der Waals surface area contributed by atoms with E-state index in [9.17, 15) is 8.42 Å². The van der Waals surface area contributed by atoms with Crippen molar-refractivity contribution < 1.29 is 13.2 Å². The van der Waals surface area contributed by atoms with E-state index in [2.05, 4.69) is 20.0 Å². The molecule has 0 saturated heterocycles. The molecule has 0 radical (unpaired) electrons. The number of aromatic nitrogens is 2. The number of likely N-dealkylation sites (N-methyl/N-ethyl adjacent to an activating group) is 1. The third-order valence-corrected chi connectivity index (χ3v) is 6.31. The van der Waals surface area contributed by atoms with Crippen LogP contribution in [0.4, 0.5) is 11.6 Å². The highest BCUT2D eigenvalue weighted by Crippen LogP contribution is 2.27. The third kappa shape index (κ3) is 6.14. The fourth-order valence-electron chi connectivity index (χ4n) is 2.75. The van der Waals surface area contributed by atoms with E-state index in [1.54, 1.807) is 25.4 Å². The zero-order valence-electron chi connectivity index (χ0n) is 17.5. The fourth-order valence-corrected chi connectivity index (χ4v) is 4.31. The second-order valence-corrected chi connectivity index (χ2v) is 9.11. The van der Waals surface area contributed by atoms with Gasteiger partial charge in [0.2, 0.25) is 16.0 Å². The number of benzene rings is 2. The summed E-state index contributed by atoms with van der Waals surface area (Å²) in [6, 6.07) is 13.9. The Kier molecular flexibility index (Phi) is 7.45. The van der Waals surface area contributed by atoms with Crippen LogP contribution in [0, 0.1) is 0 Å². The molecular weight excluding hydrogens is 438 g/mol. The van der Waals surface area contributed by atoms with Gasteiger partial charge < -0.3 is 15.0 Å². The van der Waals surface area contributed by atoms with E-state index in [4.69, 9.17) is 16.3 Å². The Morgan fingerprint density at radius 3 is 2.48 bits per heavy atom. The maximum absolute atomic E-state index is 12.5. The molecule has 0 fully saturated rings. The van der Waals surface area contributed by atoms with E-state index in [0.29, 0.717) is 18.2 Å². The molecule has 8 nitrogen and oxygen atoms in total. The largest absolute Gasteiger partial charge is 0.497 e. The van der Waals surface area contributed by atoms with Gasteiger partial charge in [-0.2, -0.15) is 0 Å². The molecule has 0 aliphatic heterocycles. The monoisotopic (exact) mass is 461 g/mol. The highest BCUT2D eigenvalue weighted by atomic mass is 35.5. The maximum atomic E-state index is 12.5. The van der Waals surface area contributed by atoms with Gasteiger partial charge in [0.05, 0.1) is 17.8 Å². The number of hydrogen-bond donors (Lipinski definition) is 2. The van der Waals surface area contributed by atoms with Gasteiger partial charge in [-0.05, 0) is 62.6 Å². The predicted octanol–water partition coefficient (Wildman–Crippen LogP) is 3.39. The molecule has 0 unspecified atom stereocenters. The normalized spacial score (nSPS) is 11.5. The molecule has 2 aromatic carbocycles. The van der Waals surface area contributed by atoms with Gasteiger partial charge in [-0.1, -0.05) is 11.6 Å². The Bertz CT molecular complexity index is 1140. The average Bonchev–Trinajstić information content (AvgIpc) is 2.73. The molecule has 0 spiro atoms. The molecule has 31 heavy (non-hydrogen) atoms.